The lowest BCUT2D eigenvalue weighted by Crippen LogP contribution is -2.46. The molecule has 3 aromatic rings. The highest BCUT2D eigenvalue weighted by Crippen LogP contribution is 2.20. The fourth-order valence-corrected chi connectivity index (χ4v) is 3.82. The van der Waals surface area contributed by atoms with Crippen molar-refractivity contribution in [1.82, 2.24) is 30.0 Å². The minimum absolute atomic E-state index is 0.107. The van der Waals surface area contributed by atoms with Crippen LogP contribution in [0, 0.1) is 6.92 Å². The van der Waals surface area contributed by atoms with Gasteiger partial charge < -0.3 is 15.1 Å². The fourth-order valence-electron chi connectivity index (χ4n) is 3.60. The van der Waals surface area contributed by atoms with Gasteiger partial charge in [-0.2, -0.15) is 0 Å². The molecule has 1 aliphatic heterocycles. The number of carbonyl (C=O) groups excluding carboxylic acids is 1. The van der Waals surface area contributed by atoms with E-state index >= 15 is 0 Å². The van der Waals surface area contributed by atoms with E-state index in [1.165, 1.54) is 0 Å². The highest BCUT2D eigenvalue weighted by atomic mass is 35.5. The van der Waals surface area contributed by atoms with Gasteiger partial charge in [-0.15, -0.1) is 5.10 Å². The van der Waals surface area contributed by atoms with Gasteiger partial charge in [0, 0.05) is 38.9 Å². The Hall–Kier alpha value is -2.97. The maximum atomic E-state index is 12.6. The Balaban J connectivity index is 1.36. The number of likely N-dealkylation sites (N-methyl/N-ethyl adjacent to an activating group) is 1. The first-order valence-corrected chi connectivity index (χ1v) is 10.8. The van der Waals surface area contributed by atoms with Gasteiger partial charge in [-0.3, -0.25) is 4.79 Å². The second-order valence-corrected chi connectivity index (χ2v) is 7.88. The van der Waals surface area contributed by atoms with Crippen LogP contribution in [0.5, 0.6) is 0 Å². The predicted octanol–water partition coefficient (Wildman–Crippen LogP) is 2.70. The van der Waals surface area contributed by atoms with Crippen molar-refractivity contribution in [2.75, 3.05) is 37.6 Å². The third kappa shape index (κ3) is 4.86. The Morgan fingerprint density at radius 1 is 1.13 bits per heavy atom. The van der Waals surface area contributed by atoms with Crippen LogP contribution in [-0.4, -0.2) is 63.3 Å². The number of nitrogens with zero attached hydrogens (tertiary/aromatic N) is 6. The van der Waals surface area contributed by atoms with E-state index < -0.39 is 0 Å². The molecule has 9 heteroatoms. The van der Waals surface area contributed by atoms with Crippen molar-refractivity contribution in [2.24, 2.45) is 0 Å². The summed E-state index contributed by atoms with van der Waals surface area (Å²) in [5, 5.41) is 7.73. The van der Waals surface area contributed by atoms with Crippen molar-refractivity contribution in [3.63, 3.8) is 0 Å². The maximum Gasteiger partial charge on any atom is 0.291 e. The summed E-state index contributed by atoms with van der Waals surface area (Å²) in [5.74, 6) is 1.33. The molecule has 1 N–H and O–H groups in total. The second kappa shape index (κ2) is 9.45. The molecular formula is C22H26ClN7O. The van der Waals surface area contributed by atoms with Crippen molar-refractivity contribution < 1.29 is 4.79 Å². The van der Waals surface area contributed by atoms with Crippen LogP contribution in [0.2, 0.25) is 5.02 Å². The van der Waals surface area contributed by atoms with Crippen molar-refractivity contribution in [3.8, 4) is 5.69 Å². The lowest BCUT2D eigenvalue weighted by molar-refractivity contribution is 0.0940. The molecule has 0 aliphatic carbocycles. The molecule has 1 saturated heterocycles. The quantitative estimate of drug-likeness (QED) is 0.636. The number of carbonyl (C=O) groups is 1. The average Bonchev–Trinajstić information content (AvgIpc) is 3.19. The SMILES string of the molecule is CCN1CCN(c2ccc(CNC(=O)c3nc(C)n(-c4ccccc4Cl)n3)cn2)CC1. The number of aryl methyl sites for hydroxylation is 1. The van der Waals surface area contributed by atoms with Gasteiger partial charge in [0.05, 0.1) is 10.7 Å². The van der Waals surface area contributed by atoms with Gasteiger partial charge >= 0.3 is 0 Å². The number of rotatable bonds is 6. The van der Waals surface area contributed by atoms with Gasteiger partial charge in [-0.1, -0.05) is 36.7 Å². The van der Waals surface area contributed by atoms with Gasteiger partial charge in [0.25, 0.3) is 5.91 Å². The molecule has 0 unspecified atom stereocenters. The monoisotopic (exact) mass is 439 g/mol. The molecule has 4 rings (SSSR count). The molecule has 1 fully saturated rings. The third-order valence-corrected chi connectivity index (χ3v) is 5.78. The van der Waals surface area contributed by atoms with Crippen LogP contribution in [0.15, 0.2) is 42.6 Å². The van der Waals surface area contributed by atoms with Gasteiger partial charge in [-0.05, 0) is 37.2 Å². The number of hydrogen-bond donors (Lipinski definition) is 1. The summed E-state index contributed by atoms with van der Waals surface area (Å²) in [4.78, 5) is 26.1. The first-order valence-electron chi connectivity index (χ1n) is 10.4. The first kappa shape index (κ1) is 21.3. The number of hydrogen-bond acceptors (Lipinski definition) is 6. The Bertz CT molecular complexity index is 1040. The third-order valence-electron chi connectivity index (χ3n) is 5.46. The largest absolute Gasteiger partial charge is 0.354 e. The van der Waals surface area contributed by atoms with Gasteiger partial charge in [0.1, 0.15) is 11.6 Å². The van der Waals surface area contributed by atoms with Crippen LogP contribution in [0.3, 0.4) is 0 Å². The molecule has 1 aromatic carbocycles. The van der Waals surface area contributed by atoms with E-state index in [1.54, 1.807) is 17.7 Å². The minimum atomic E-state index is -0.339. The average molecular weight is 440 g/mol. The van der Waals surface area contributed by atoms with E-state index in [4.69, 9.17) is 11.6 Å². The van der Waals surface area contributed by atoms with E-state index in [-0.39, 0.29) is 11.7 Å². The number of benzene rings is 1. The molecule has 8 nitrogen and oxygen atoms in total. The number of amides is 1. The first-order chi connectivity index (χ1) is 15.0. The van der Waals surface area contributed by atoms with Crippen molar-refractivity contribution >= 4 is 23.3 Å². The zero-order valence-electron chi connectivity index (χ0n) is 17.8. The Morgan fingerprint density at radius 2 is 1.90 bits per heavy atom. The van der Waals surface area contributed by atoms with Gasteiger partial charge in [0.2, 0.25) is 5.82 Å². The van der Waals surface area contributed by atoms with Gasteiger partial charge in [-0.25, -0.2) is 14.6 Å². The number of anilines is 1. The lowest BCUT2D eigenvalue weighted by atomic mass is 10.2. The smallest absolute Gasteiger partial charge is 0.291 e. The number of aromatic nitrogens is 4. The topological polar surface area (TPSA) is 79.2 Å². The summed E-state index contributed by atoms with van der Waals surface area (Å²) in [7, 11) is 0. The summed E-state index contributed by atoms with van der Waals surface area (Å²) >= 11 is 6.24. The van der Waals surface area contributed by atoms with Crippen LogP contribution in [0.4, 0.5) is 5.82 Å². The van der Waals surface area contributed by atoms with Crippen LogP contribution in [0.1, 0.15) is 28.9 Å². The summed E-state index contributed by atoms with van der Waals surface area (Å²) in [6.07, 6.45) is 1.81. The zero-order valence-corrected chi connectivity index (χ0v) is 18.5. The minimum Gasteiger partial charge on any atom is -0.354 e. The number of para-hydroxylation sites is 1. The summed E-state index contributed by atoms with van der Waals surface area (Å²) < 4.78 is 1.58. The van der Waals surface area contributed by atoms with E-state index in [0.29, 0.717) is 23.1 Å². The highest BCUT2D eigenvalue weighted by Gasteiger charge is 2.18. The molecule has 0 radical (unpaired) electrons. The molecular weight excluding hydrogens is 414 g/mol. The lowest BCUT2D eigenvalue weighted by Gasteiger charge is -2.34. The standard InChI is InChI=1S/C22H26ClN7O/c1-3-28-10-12-29(13-11-28)20-9-8-17(14-24-20)15-25-22(31)21-26-16(2)30(27-21)19-7-5-4-6-18(19)23/h4-9,14H,3,10-13,15H2,1-2H3,(H,25,31). The molecule has 31 heavy (non-hydrogen) atoms. The van der Waals surface area contributed by atoms with Crippen LogP contribution < -0.4 is 10.2 Å². The molecule has 3 heterocycles. The molecule has 1 amide bonds. The molecule has 2 aromatic heterocycles. The fraction of sp³-hybridized carbons (Fsp3) is 0.364. The van der Waals surface area contributed by atoms with Crippen LogP contribution >= 0.6 is 11.6 Å². The van der Waals surface area contributed by atoms with Crippen LogP contribution in [-0.2, 0) is 6.54 Å². The molecule has 1 aliphatic rings. The molecule has 0 saturated carbocycles. The van der Waals surface area contributed by atoms with Crippen molar-refractivity contribution in [1.29, 1.82) is 0 Å². The van der Waals surface area contributed by atoms with Crippen LogP contribution in [0.25, 0.3) is 5.69 Å². The maximum absolute atomic E-state index is 12.6. The van der Waals surface area contributed by atoms with E-state index in [1.807, 2.05) is 36.5 Å². The zero-order chi connectivity index (χ0) is 21.8. The van der Waals surface area contributed by atoms with E-state index in [0.717, 1.165) is 44.1 Å². The summed E-state index contributed by atoms with van der Waals surface area (Å²) in [6.45, 7) is 9.50. The second-order valence-electron chi connectivity index (χ2n) is 7.47. The number of piperazine rings is 1. The Morgan fingerprint density at radius 3 is 2.58 bits per heavy atom. The van der Waals surface area contributed by atoms with Gasteiger partial charge in [0.15, 0.2) is 0 Å². The molecule has 0 bridgehead atoms. The van der Waals surface area contributed by atoms with E-state index in [9.17, 15) is 4.79 Å². The van der Waals surface area contributed by atoms with Crippen molar-refractivity contribution in [3.05, 3.63) is 64.8 Å². The Labute approximate surface area is 186 Å². The summed E-state index contributed by atoms with van der Waals surface area (Å²) in [5.41, 5.74) is 1.61. The van der Waals surface area contributed by atoms with Crippen molar-refractivity contribution in [2.45, 2.75) is 20.4 Å². The summed E-state index contributed by atoms with van der Waals surface area (Å²) in [6, 6.07) is 11.3. The Kier molecular flexibility index (Phi) is 6.48. The number of pyridine rings is 1. The molecule has 0 spiro atoms. The molecule has 0 atom stereocenters. The molecule has 162 valence electrons. The normalized spacial score (nSPS) is 14.6. The number of nitrogens with one attached hydrogen (secondary N) is 1. The van der Waals surface area contributed by atoms with E-state index in [2.05, 4.69) is 37.1 Å². The number of halogens is 1. The highest BCUT2D eigenvalue weighted by molar-refractivity contribution is 6.32. The predicted molar refractivity (Wildman–Crippen MR) is 121 cm³/mol.